The summed E-state index contributed by atoms with van der Waals surface area (Å²) in [7, 11) is 0. The van der Waals surface area contributed by atoms with Crippen molar-refractivity contribution in [3.63, 3.8) is 0 Å². The number of nitrogens with zero attached hydrogens (tertiary/aromatic N) is 1. The summed E-state index contributed by atoms with van der Waals surface area (Å²) in [5.74, 6) is 0. The van der Waals surface area contributed by atoms with Crippen LogP contribution in [0.3, 0.4) is 0 Å². The van der Waals surface area contributed by atoms with Crippen LogP contribution in [0, 0.1) is 0 Å². The van der Waals surface area contributed by atoms with Crippen LogP contribution in [0.15, 0.2) is 12.4 Å². The maximum absolute atomic E-state index is 5.98. The fraction of sp³-hybridized carbons (Fsp3) is 0.909. The Morgan fingerprint density at radius 2 is 1.24 bits per heavy atom. The van der Waals surface area contributed by atoms with Crippen LogP contribution in [0.5, 0.6) is 0 Å². The number of hydrogen-bond acceptors (Lipinski definition) is 3. The van der Waals surface area contributed by atoms with Crippen molar-refractivity contribution in [3.05, 3.63) is 12.4 Å². The zero-order chi connectivity index (χ0) is 18.2. The first kappa shape index (κ1) is 22.3. The molecule has 148 valence electrons. The summed E-state index contributed by atoms with van der Waals surface area (Å²) in [5.41, 5.74) is 5.98. The number of nitrogens with one attached hydrogen (secondary N) is 1. The van der Waals surface area contributed by atoms with Gasteiger partial charge in [0.05, 0.1) is 12.3 Å². The van der Waals surface area contributed by atoms with Gasteiger partial charge in [0.15, 0.2) is 0 Å². The van der Waals surface area contributed by atoms with Crippen molar-refractivity contribution in [2.24, 2.45) is 5.73 Å². The highest BCUT2D eigenvalue weighted by Crippen LogP contribution is 2.16. The van der Waals surface area contributed by atoms with Crippen molar-refractivity contribution in [3.8, 4) is 0 Å². The Balaban J connectivity index is 1.76. The van der Waals surface area contributed by atoms with E-state index < -0.39 is 0 Å². The molecule has 3 nitrogen and oxygen atoms in total. The number of unbranched alkanes of at least 4 members (excludes halogenated alkanes) is 14. The van der Waals surface area contributed by atoms with Crippen molar-refractivity contribution < 1.29 is 0 Å². The monoisotopic (exact) mass is 351 g/mol. The number of nitrogens with two attached hydrogens (primary N) is 1. The lowest BCUT2D eigenvalue weighted by atomic mass is 10.0. The molecule has 3 heteroatoms. The largest absolute Gasteiger partial charge is 0.370 e. The second kappa shape index (κ2) is 15.5. The molecule has 2 unspecified atom stereocenters. The zero-order valence-electron chi connectivity index (χ0n) is 17.1. The van der Waals surface area contributed by atoms with Gasteiger partial charge in [0.25, 0.3) is 0 Å². The first-order valence-electron chi connectivity index (χ1n) is 11.2. The molecule has 0 amide bonds. The molecule has 0 saturated carbocycles. The van der Waals surface area contributed by atoms with E-state index in [0.29, 0.717) is 6.17 Å². The van der Waals surface area contributed by atoms with Crippen molar-refractivity contribution in [2.45, 2.75) is 129 Å². The van der Waals surface area contributed by atoms with Crippen molar-refractivity contribution >= 4 is 0 Å². The Bertz CT molecular complexity index is 314. The Labute approximate surface area is 157 Å². The molecule has 0 aromatic carbocycles. The van der Waals surface area contributed by atoms with Crippen LogP contribution < -0.4 is 11.1 Å². The summed E-state index contributed by atoms with van der Waals surface area (Å²) in [6.45, 7) is 4.34. The average molecular weight is 352 g/mol. The lowest BCUT2D eigenvalue weighted by Gasteiger charge is -2.28. The molecule has 0 spiro atoms. The Morgan fingerprint density at radius 3 is 1.68 bits per heavy atom. The molecule has 1 aliphatic heterocycles. The standard InChI is InChI=1S/C22H45N3/c1-3-4-5-6-7-8-9-10-11-12-13-14-15-16-17-18-22-24-19-20-25(22)21(2)23/h19-22,24H,3-18,23H2,1-2H3. The van der Waals surface area contributed by atoms with Crippen LogP contribution >= 0.6 is 0 Å². The molecular weight excluding hydrogens is 306 g/mol. The van der Waals surface area contributed by atoms with Gasteiger partial charge in [-0.3, -0.25) is 0 Å². The highest BCUT2D eigenvalue weighted by molar-refractivity contribution is 4.95. The normalized spacial score (nSPS) is 17.9. The SMILES string of the molecule is CCCCCCCCCCCCCCCCCC1NC=CN1C(C)N. The average Bonchev–Trinajstić information content (AvgIpc) is 3.07. The van der Waals surface area contributed by atoms with Gasteiger partial charge in [-0.05, 0) is 19.8 Å². The molecule has 0 bridgehead atoms. The summed E-state index contributed by atoms with van der Waals surface area (Å²) in [5, 5.41) is 3.40. The minimum atomic E-state index is 0.104. The molecule has 0 aliphatic carbocycles. The molecule has 1 rings (SSSR count). The van der Waals surface area contributed by atoms with E-state index in [1.807, 2.05) is 6.20 Å². The van der Waals surface area contributed by atoms with Crippen LogP contribution in [0.4, 0.5) is 0 Å². The van der Waals surface area contributed by atoms with Gasteiger partial charge in [0.2, 0.25) is 0 Å². The molecule has 1 aliphatic rings. The summed E-state index contributed by atoms with van der Waals surface area (Å²) in [6.07, 6.45) is 27.2. The van der Waals surface area contributed by atoms with Crippen LogP contribution in [-0.2, 0) is 0 Å². The van der Waals surface area contributed by atoms with Gasteiger partial charge in [0.1, 0.15) is 0 Å². The fourth-order valence-corrected chi connectivity index (χ4v) is 3.79. The van der Waals surface area contributed by atoms with Gasteiger partial charge in [-0.15, -0.1) is 0 Å². The molecule has 25 heavy (non-hydrogen) atoms. The maximum atomic E-state index is 5.98. The van der Waals surface area contributed by atoms with Gasteiger partial charge in [-0.1, -0.05) is 96.8 Å². The predicted octanol–water partition coefficient (Wildman–Crippen LogP) is 6.26. The highest BCUT2D eigenvalue weighted by Gasteiger charge is 2.20. The van der Waals surface area contributed by atoms with Gasteiger partial charge < -0.3 is 16.0 Å². The Kier molecular flexibility index (Phi) is 13.9. The van der Waals surface area contributed by atoms with Gasteiger partial charge in [-0.25, -0.2) is 0 Å². The van der Waals surface area contributed by atoms with E-state index >= 15 is 0 Å². The van der Waals surface area contributed by atoms with E-state index in [-0.39, 0.29) is 6.17 Å². The van der Waals surface area contributed by atoms with E-state index in [2.05, 4.69) is 30.3 Å². The van der Waals surface area contributed by atoms with E-state index in [4.69, 9.17) is 5.73 Å². The molecule has 2 atom stereocenters. The summed E-state index contributed by atoms with van der Waals surface area (Å²) in [6, 6.07) is 0. The maximum Gasteiger partial charge on any atom is 0.0995 e. The fourth-order valence-electron chi connectivity index (χ4n) is 3.79. The van der Waals surface area contributed by atoms with E-state index in [0.717, 1.165) is 0 Å². The minimum absolute atomic E-state index is 0.104. The molecular formula is C22H45N3. The van der Waals surface area contributed by atoms with E-state index in [1.165, 1.54) is 103 Å². The zero-order valence-corrected chi connectivity index (χ0v) is 17.1. The van der Waals surface area contributed by atoms with Crippen LogP contribution in [0.25, 0.3) is 0 Å². The third-order valence-electron chi connectivity index (χ3n) is 5.45. The van der Waals surface area contributed by atoms with Crippen molar-refractivity contribution in [1.29, 1.82) is 0 Å². The number of rotatable bonds is 17. The Hall–Kier alpha value is -0.700. The molecule has 1 heterocycles. The second-order valence-corrected chi connectivity index (χ2v) is 7.92. The molecule has 0 aromatic heterocycles. The topological polar surface area (TPSA) is 41.3 Å². The van der Waals surface area contributed by atoms with Crippen molar-refractivity contribution in [1.82, 2.24) is 10.2 Å². The van der Waals surface area contributed by atoms with E-state index in [9.17, 15) is 0 Å². The smallest absolute Gasteiger partial charge is 0.0995 e. The van der Waals surface area contributed by atoms with Crippen LogP contribution in [-0.4, -0.2) is 17.2 Å². The molecule has 0 radical (unpaired) electrons. The molecule has 3 N–H and O–H groups in total. The third kappa shape index (κ3) is 11.5. The van der Waals surface area contributed by atoms with Crippen LogP contribution in [0.2, 0.25) is 0 Å². The first-order valence-corrected chi connectivity index (χ1v) is 11.2. The van der Waals surface area contributed by atoms with E-state index in [1.54, 1.807) is 0 Å². The summed E-state index contributed by atoms with van der Waals surface area (Å²) >= 11 is 0. The van der Waals surface area contributed by atoms with Gasteiger partial charge >= 0.3 is 0 Å². The van der Waals surface area contributed by atoms with Crippen LogP contribution in [0.1, 0.15) is 117 Å². The minimum Gasteiger partial charge on any atom is -0.370 e. The van der Waals surface area contributed by atoms with Gasteiger partial charge in [0, 0.05) is 12.4 Å². The number of hydrogen-bond donors (Lipinski definition) is 2. The third-order valence-corrected chi connectivity index (χ3v) is 5.45. The summed E-state index contributed by atoms with van der Waals surface area (Å²) in [4.78, 5) is 2.23. The van der Waals surface area contributed by atoms with Crippen molar-refractivity contribution in [2.75, 3.05) is 0 Å². The lowest BCUT2D eigenvalue weighted by molar-refractivity contribution is 0.208. The molecule has 0 saturated heterocycles. The molecule has 0 fully saturated rings. The highest BCUT2D eigenvalue weighted by atomic mass is 15.3. The quantitative estimate of drug-likeness (QED) is 0.304. The predicted molar refractivity (Wildman–Crippen MR) is 111 cm³/mol. The lowest BCUT2D eigenvalue weighted by Crippen LogP contribution is -2.44. The molecule has 0 aromatic rings. The second-order valence-electron chi connectivity index (χ2n) is 7.92. The summed E-state index contributed by atoms with van der Waals surface area (Å²) < 4.78 is 0. The first-order chi connectivity index (χ1) is 12.3. The Morgan fingerprint density at radius 1 is 0.800 bits per heavy atom. The van der Waals surface area contributed by atoms with Gasteiger partial charge in [-0.2, -0.15) is 0 Å².